The van der Waals surface area contributed by atoms with Gasteiger partial charge >= 0.3 is 0 Å². The van der Waals surface area contributed by atoms with Crippen LogP contribution in [0.3, 0.4) is 0 Å². The normalized spacial score (nSPS) is 19.0. The Balaban J connectivity index is 1.61. The maximum Gasteiger partial charge on any atom is 0.240 e. The number of nitrogens with zero attached hydrogens (tertiary/aromatic N) is 4. The lowest BCUT2D eigenvalue weighted by atomic mass is 10.0. The lowest BCUT2D eigenvalue weighted by Crippen LogP contribution is -2.46. The Labute approximate surface area is 140 Å². The SMILES string of the molecule is Cc1cc(C)n(C[C@@H]2CCCCN2CC(=O)Nc2nccs2)n1. The minimum absolute atomic E-state index is 0.0141. The number of carbonyl (C=O) groups is 1. The molecule has 0 aliphatic carbocycles. The number of aromatic nitrogens is 3. The van der Waals surface area contributed by atoms with E-state index in [0.29, 0.717) is 17.7 Å². The van der Waals surface area contributed by atoms with Crippen LogP contribution in [0.15, 0.2) is 17.6 Å². The van der Waals surface area contributed by atoms with Crippen LogP contribution in [-0.4, -0.2) is 44.7 Å². The Morgan fingerprint density at radius 3 is 3.00 bits per heavy atom. The second kappa shape index (κ2) is 7.23. The van der Waals surface area contributed by atoms with E-state index in [0.717, 1.165) is 31.6 Å². The van der Waals surface area contributed by atoms with E-state index in [1.54, 1.807) is 6.20 Å². The van der Waals surface area contributed by atoms with Gasteiger partial charge < -0.3 is 5.32 Å². The zero-order valence-corrected chi connectivity index (χ0v) is 14.5. The van der Waals surface area contributed by atoms with E-state index < -0.39 is 0 Å². The third-order valence-electron chi connectivity index (χ3n) is 4.26. The first-order valence-electron chi connectivity index (χ1n) is 8.06. The maximum atomic E-state index is 12.2. The summed E-state index contributed by atoms with van der Waals surface area (Å²) < 4.78 is 2.07. The number of anilines is 1. The van der Waals surface area contributed by atoms with Gasteiger partial charge in [-0.25, -0.2) is 4.98 Å². The van der Waals surface area contributed by atoms with Crippen LogP contribution in [0.2, 0.25) is 0 Å². The molecule has 1 aliphatic heterocycles. The fraction of sp³-hybridized carbons (Fsp3) is 0.562. The van der Waals surface area contributed by atoms with Crippen molar-refractivity contribution in [1.82, 2.24) is 19.7 Å². The summed E-state index contributed by atoms with van der Waals surface area (Å²) in [5.74, 6) is 0.0141. The molecule has 1 fully saturated rings. The molecule has 1 amide bonds. The van der Waals surface area contributed by atoms with Crippen molar-refractivity contribution in [3.05, 3.63) is 29.0 Å². The van der Waals surface area contributed by atoms with Crippen molar-refractivity contribution < 1.29 is 4.79 Å². The fourth-order valence-corrected chi connectivity index (χ4v) is 3.71. The fourth-order valence-electron chi connectivity index (χ4n) is 3.16. The third kappa shape index (κ3) is 4.17. The second-order valence-electron chi connectivity index (χ2n) is 6.11. The molecule has 1 atom stereocenters. The first-order chi connectivity index (χ1) is 11.1. The van der Waals surface area contributed by atoms with Gasteiger partial charge in [0.05, 0.1) is 18.8 Å². The molecule has 3 heterocycles. The first-order valence-corrected chi connectivity index (χ1v) is 8.94. The summed E-state index contributed by atoms with van der Waals surface area (Å²) in [6.45, 7) is 6.34. The summed E-state index contributed by atoms with van der Waals surface area (Å²) in [4.78, 5) is 18.6. The molecule has 6 nitrogen and oxygen atoms in total. The molecule has 2 aromatic heterocycles. The number of likely N-dealkylation sites (tertiary alicyclic amines) is 1. The number of rotatable bonds is 5. The van der Waals surface area contributed by atoms with Gasteiger partial charge in [0.25, 0.3) is 0 Å². The van der Waals surface area contributed by atoms with Crippen molar-refractivity contribution in [3.63, 3.8) is 0 Å². The standard InChI is InChI=1S/C16H23N5OS/c1-12-9-13(2)21(19-12)10-14-5-3-4-7-20(14)11-15(22)18-16-17-6-8-23-16/h6,8-9,14H,3-5,7,10-11H2,1-2H3,(H,17,18,22)/t14-/m0/s1. The number of amides is 1. The number of hydrogen-bond donors (Lipinski definition) is 1. The van der Waals surface area contributed by atoms with Gasteiger partial charge in [0.2, 0.25) is 5.91 Å². The summed E-state index contributed by atoms with van der Waals surface area (Å²) in [6, 6.07) is 2.46. The quantitative estimate of drug-likeness (QED) is 0.913. The highest BCUT2D eigenvalue weighted by Gasteiger charge is 2.25. The van der Waals surface area contributed by atoms with Gasteiger partial charge in [-0.15, -0.1) is 11.3 Å². The predicted molar refractivity (Wildman–Crippen MR) is 91.7 cm³/mol. The molecule has 1 N–H and O–H groups in total. The Bertz CT molecular complexity index is 651. The lowest BCUT2D eigenvalue weighted by molar-refractivity contribution is -0.118. The first kappa shape index (κ1) is 16.1. The van der Waals surface area contributed by atoms with Gasteiger partial charge in [0.1, 0.15) is 0 Å². The summed E-state index contributed by atoms with van der Waals surface area (Å²) in [5.41, 5.74) is 2.23. The van der Waals surface area contributed by atoms with Crippen molar-refractivity contribution in [2.24, 2.45) is 0 Å². The molecule has 124 valence electrons. The van der Waals surface area contributed by atoms with Crippen LogP contribution in [0.5, 0.6) is 0 Å². The van der Waals surface area contributed by atoms with Gasteiger partial charge in [-0.1, -0.05) is 6.42 Å². The summed E-state index contributed by atoms with van der Waals surface area (Å²) in [6.07, 6.45) is 5.18. The minimum atomic E-state index is 0.0141. The van der Waals surface area contributed by atoms with Crippen molar-refractivity contribution >= 4 is 22.4 Å². The van der Waals surface area contributed by atoms with Crippen molar-refractivity contribution in [1.29, 1.82) is 0 Å². The summed E-state index contributed by atoms with van der Waals surface area (Å²) in [5, 5.41) is 9.97. The van der Waals surface area contributed by atoms with Gasteiger partial charge in [-0.3, -0.25) is 14.4 Å². The summed E-state index contributed by atoms with van der Waals surface area (Å²) >= 11 is 1.45. The van der Waals surface area contributed by atoms with Gasteiger partial charge in [0, 0.05) is 23.3 Å². The van der Waals surface area contributed by atoms with E-state index >= 15 is 0 Å². The molecule has 0 spiro atoms. The smallest absolute Gasteiger partial charge is 0.240 e. The number of nitrogens with one attached hydrogen (secondary N) is 1. The van der Waals surface area contributed by atoms with E-state index in [-0.39, 0.29) is 5.91 Å². The molecule has 0 aromatic carbocycles. The zero-order valence-electron chi connectivity index (χ0n) is 13.7. The molecule has 3 rings (SSSR count). The molecule has 2 aromatic rings. The van der Waals surface area contributed by atoms with Crippen molar-refractivity contribution in [2.75, 3.05) is 18.4 Å². The van der Waals surface area contributed by atoms with Crippen molar-refractivity contribution in [3.8, 4) is 0 Å². The van der Waals surface area contributed by atoms with Crippen LogP contribution >= 0.6 is 11.3 Å². The molecule has 0 radical (unpaired) electrons. The van der Waals surface area contributed by atoms with Crippen LogP contribution in [0.25, 0.3) is 0 Å². The summed E-state index contributed by atoms with van der Waals surface area (Å²) in [7, 11) is 0. The second-order valence-corrected chi connectivity index (χ2v) is 7.01. The van der Waals surface area contributed by atoms with Crippen LogP contribution in [-0.2, 0) is 11.3 Å². The molecule has 0 unspecified atom stereocenters. The van der Waals surface area contributed by atoms with E-state index in [4.69, 9.17) is 0 Å². The van der Waals surface area contributed by atoms with Crippen LogP contribution < -0.4 is 5.32 Å². The van der Waals surface area contributed by atoms with E-state index in [2.05, 4.69) is 38.0 Å². The van der Waals surface area contributed by atoms with E-state index in [1.807, 2.05) is 12.3 Å². The molecule has 0 bridgehead atoms. The van der Waals surface area contributed by atoms with Crippen LogP contribution in [0.1, 0.15) is 30.7 Å². The van der Waals surface area contributed by atoms with E-state index in [1.165, 1.54) is 23.5 Å². The van der Waals surface area contributed by atoms with Crippen LogP contribution in [0.4, 0.5) is 5.13 Å². The minimum Gasteiger partial charge on any atom is -0.301 e. The van der Waals surface area contributed by atoms with Crippen LogP contribution in [0, 0.1) is 13.8 Å². The molecule has 1 aliphatic rings. The highest BCUT2D eigenvalue weighted by Crippen LogP contribution is 2.19. The average molecular weight is 333 g/mol. The highest BCUT2D eigenvalue weighted by molar-refractivity contribution is 7.13. The molecule has 7 heteroatoms. The Morgan fingerprint density at radius 2 is 2.30 bits per heavy atom. The van der Waals surface area contributed by atoms with Gasteiger partial charge in [-0.05, 0) is 39.3 Å². The molecule has 23 heavy (non-hydrogen) atoms. The predicted octanol–water partition coefficient (Wildman–Crippen LogP) is 2.45. The van der Waals surface area contributed by atoms with E-state index in [9.17, 15) is 4.79 Å². The highest BCUT2D eigenvalue weighted by atomic mass is 32.1. The third-order valence-corrected chi connectivity index (χ3v) is 4.95. The van der Waals surface area contributed by atoms with Crippen molar-refractivity contribution in [2.45, 2.75) is 45.7 Å². The molecule has 0 saturated carbocycles. The number of thiazole rings is 1. The average Bonchev–Trinajstić information content (AvgIpc) is 3.11. The Morgan fingerprint density at radius 1 is 1.43 bits per heavy atom. The lowest BCUT2D eigenvalue weighted by Gasteiger charge is -2.35. The van der Waals surface area contributed by atoms with Gasteiger partial charge in [-0.2, -0.15) is 5.10 Å². The number of carbonyl (C=O) groups excluding carboxylic acids is 1. The Kier molecular flexibility index (Phi) is 5.07. The number of piperidine rings is 1. The Hall–Kier alpha value is -1.73. The molecule has 1 saturated heterocycles. The monoisotopic (exact) mass is 333 g/mol. The molecular formula is C16H23N5OS. The maximum absolute atomic E-state index is 12.2. The number of aryl methyl sites for hydroxylation is 2. The zero-order chi connectivity index (χ0) is 16.2. The van der Waals surface area contributed by atoms with Gasteiger partial charge in [0.15, 0.2) is 5.13 Å². The topological polar surface area (TPSA) is 63.1 Å². The largest absolute Gasteiger partial charge is 0.301 e. The number of hydrogen-bond acceptors (Lipinski definition) is 5. The molecular weight excluding hydrogens is 310 g/mol.